The SMILES string of the molecule is Cc1cc2c3c(n(C#Cc4ccccc4)c2s1)CCN(C)C3. The number of likely N-dealkylation sites (N-methyl/N-ethyl adjacent to an activating group) is 1. The summed E-state index contributed by atoms with van der Waals surface area (Å²) in [7, 11) is 2.20. The number of fused-ring (bicyclic) bond motifs is 3. The summed E-state index contributed by atoms with van der Waals surface area (Å²) < 4.78 is 2.24. The van der Waals surface area contributed by atoms with Gasteiger partial charge in [-0.15, -0.1) is 11.3 Å². The van der Waals surface area contributed by atoms with Gasteiger partial charge in [-0.2, -0.15) is 0 Å². The molecule has 4 rings (SSSR count). The summed E-state index contributed by atoms with van der Waals surface area (Å²) in [5, 5.41) is 1.39. The van der Waals surface area contributed by atoms with Gasteiger partial charge >= 0.3 is 0 Å². The molecule has 0 atom stereocenters. The summed E-state index contributed by atoms with van der Waals surface area (Å²) in [4.78, 5) is 5.06. The lowest BCUT2D eigenvalue weighted by atomic mass is 10.1. The molecule has 0 radical (unpaired) electrons. The zero-order valence-corrected chi connectivity index (χ0v) is 13.7. The number of nitrogens with zero attached hydrogens (tertiary/aromatic N) is 2. The molecule has 0 aliphatic carbocycles. The molecule has 2 aromatic heterocycles. The normalized spacial score (nSPS) is 14.6. The van der Waals surface area contributed by atoms with E-state index in [1.165, 1.54) is 26.4 Å². The van der Waals surface area contributed by atoms with E-state index in [9.17, 15) is 0 Å². The molecule has 1 aliphatic heterocycles. The van der Waals surface area contributed by atoms with Gasteiger partial charge in [0.25, 0.3) is 0 Å². The summed E-state index contributed by atoms with van der Waals surface area (Å²) in [5.41, 5.74) is 3.94. The number of aryl methyl sites for hydroxylation is 1. The van der Waals surface area contributed by atoms with E-state index in [2.05, 4.69) is 53.6 Å². The highest BCUT2D eigenvalue weighted by atomic mass is 32.1. The first-order chi connectivity index (χ1) is 10.7. The number of benzene rings is 1. The van der Waals surface area contributed by atoms with E-state index in [0.29, 0.717) is 0 Å². The fourth-order valence-corrected chi connectivity index (χ4v) is 4.16. The van der Waals surface area contributed by atoms with Crippen LogP contribution in [0.3, 0.4) is 0 Å². The Morgan fingerprint density at radius 1 is 1.18 bits per heavy atom. The number of thiophene rings is 1. The van der Waals surface area contributed by atoms with Crippen molar-refractivity contribution < 1.29 is 0 Å². The summed E-state index contributed by atoms with van der Waals surface area (Å²) in [6.45, 7) is 4.32. The van der Waals surface area contributed by atoms with Crippen molar-refractivity contribution in [3.63, 3.8) is 0 Å². The lowest BCUT2D eigenvalue weighted by molar-refractivity contribution is 0.311. The van der Waals surface area contributed by atoms with Crippen molar-refractivity contribution in [1.82, 2.24) is 9.47 Å². The van der Waals surface area contributed by atoms with Crippen LogP contribution in [-0.2, 0) is 13.0 Å². The quantitative estimate of drug-likeness (QED) is 0.573. The van der Waals surface area contributed by atoms with Gasteiger partial charge in [0.2, 0.25) is 0 Å². The third-order valence-electron chi connectivity index (χ3n) is 4.23. The Hall–Kier alpha value is -2.02. The van der Waals surface area contributed by atoms with E-state index >= 15 is 0 Å². The Bertz CT molecular complexity index is 890. The average Bonchev–Trinajstić information content (AvgIpc) is 3.02. The fourth-order valence-electron chi connectivity index (χ4n) is 3.14. The maximum Gasteiger partial charge on any atom is 0.115 e. The molecular weight excluding hydrogens is 288 g/mol. The molecule has 1 aromatic carbocycles. The third-order valence-corrected chi connectivity index (χ3v) is 5.26. The van der Waals surface area contributed by atoms with Crippen LogP contribution in [-0.4, -0.2) is 23.1 Å². The van der Waals surface area contributed by atoms with Gasteiger partial charge in [-0.1, -0.05) is 18.2 Å². The minimum absolute atomic E-state index is 1.03. The Balaban J connectivity index is 1.89. The Kier molecular flexibility index (Phi) is 3.29. The Labute approximate surface area is 135 Å². The highest BCUT2D eigenvalue weighted by molar-refractivity contribution is 7.18. The zero-order valence-electron chi connectivity index (χ0n) is 12.9. The second-order valence-corrected chi connectivity index (χ2v) is 7.16. The van der Waals surface area contributed by atoms with Crippen LogP contribution in [0.2, 0.25) is 0 Å². The van der Waals surface area contributed by atoms with Gasteiger partial charge < -0.3 is 4.90 Å². The van der Waals surface area contributed by atoms with Gasteiger partial charge in [-0.25, -0.2) is 0 Å². The van der Waals surface area contributed by atoms with E-state index in [-0.39, 0.29) is 0 Å². The molecule has 0 spiro atoms. The molecule has 2 nitrogen and oxygen atoms in total. The molecule has 3 aromatic rings. The van der Waals surface area contributed by atoms with Gasteiger partial charge in [0.15, 0.2) is 0 Å². The first-order valence-electron chi connectivity index (χ1n) is 7.60. The lowest BCUT2D eigenvalue weighted by Crippen LogP contribution is -2.27. The van der Waals surface area contributed by atoms with Crippen LogP contribution in [0.15, 0.2) is 36.4 Å². The molecule has 0 N–H and O–H groups in total. The van der Waals surface area contributed by atoms with Crippen molar-refractivity contribution in [2.75, 3.05) is 13.6 Å². The fraction of sp³-hybridized carbons (Fsp3) is 0.263. The summed E-state index contributed by atoms with van der Waals surface area (Å²) in [5.74, 6) is 3.32. The van der Waals surface area contributed by atoms with Crippen LogP contribution >= 0.6 is 11.3 Å². The minimum Gasteiger partial charge on any atom is -0.302 e. The Morgan fingerprint density at radius 3 is 2.82 bits per heavy atom. The highest BCUT2D eigenvalue weighted by Gasteiger charge is 2.23. The van der Waals surface area contributed by atoms with Gasteiger partial charge in [-0.05, 0) is 43.7 Å². The second-order valence-electron chi connectivity index (χ2n) is 5.93. The number of rotatable bonds is 0. The van der Waals surface area contributed by atoms with Gasteiger partial charge in [0.05, 0.1) is 0 Å². The van der Waals surface area contributed by atoms with Crippen molar-refractivity contribution in [1.29, 1.82) is 0 Å². The molecule has 3 heterocycles. The van der Waals surface area contributed by atoms with E-state index in [4.69, 9.17) is 0 Å². The van der Waals surface area contributed by atoms with Gasteiger partial charge in [0.1, 0.15) is 4.83 Å². The second kappa shape index (κ2) is 5.31. The molecule has 0 fully saturated rings. The number of aromatic nitrogens is 1. The molecule has 0 saturated heterocycles. The smallest absolute Gasteiger partial charge is 0.115 e. The van der Waals surface area contributed by atoms with Crippen LogP contribution in [0.5, 0.6) is 0 Å². The molecular formula is C19H18N2S. The summed E-state index contributed by atoms with van der Waals surface area (Å²) in [6, 6.07) is 15.9. The molecule has 0 unspecified atom stereocenters. The first kappa shape index (κ1) is 13.6. The van der Waals surface area contributed by atoms with Gasteiger partial charge in [0, 0.05) is 47.1 Å². The van der Waals surface area contributed by atoms with Crippen molar-refractivity contribution in [3.8, 4) is 12.0 Å². The Morgan fingerprint density at radius 2 is 2.00 bits per heavy atom. The third kappa shape index (κ3) is 2.25. The van der Waals surface area contributed by atoms with Crippen molar-refractivity contribution >= 4 is 21.6 Å². The van der Waals surface area contributed by atoms with Crippen LogP contribution < -0.4 is 0 Å². The number of hydrogen-bond donors (Lipinski definition) is 0. The van der Waals surface area contributed by atoms with Gasteiger partial charge in [-0.3, -0.25) is 4.57 Å². The molecule has 0 saturated carbocycles. The van der Waals surface area contributed by atoms with E-state index in [0.717, 1.165) is 25.1 Å². The molecule has 22 heavy (non-hydrogen) atoms. The van der Waals surface area contributed by atoms with Crippen LogP contribution in [0.25, 0.3) is 10.2 Å². The standard InChI is InChI=1S/C19H18N2S/c1-14-12-16-17-13-20(2)10-9-18(17)21(19(16)22-14)11-8-15-6-4-3-5-7-15/h3-7,12H,9-10,13H2,1-2H3. The maximum atomic E-state index is 3.40. The van der Waals surface area contributed by atoms with Crippen LogP contribution in [0, 0.1) is 18.9 Å². The predicted molar refractivity (Wildman–Crippen MR) is 93.3 cm³/mol. The average molecular weight is 306 g/mol. The zero-order chi connectivity index (χ0) is 15.1. The highest BCUT2D eigenvalue weighted by Crippen LogP contribution is 2.35. The number of hydrogen-bond acceptors (Lipinski definition) is 2. The van der Waals surface area contributed by atoms with Crippen LogP contribution in [0.1, 0.15) is 21.7 Å². The molecule has 0 bridgehead atoms. The van der Waals surface area contributed by atoms with Crippen LogP contribution in [0.4, 0.5) is 0 Å². The molecule has 0 amide bonds. The maximum absolute atomic E-state index is 3.40. The lowest BCUT2D eigenvalue weighted by Gasteiger charge is -2.23. The summed E-state index contributed by atoms with van der Waals surface area (Å²) in [6.07, 6.45) is 1.08. The van der Waals surface area contributed by atoms with Crippen molar-refractivity contribution in [3.05, 3.63) is 58.1 Å². The van der Waals surface area contributed by atoms with E-state index < -0.39 is 0 Å². The van der Waals surface area contributed by atoms with E-state index in [1.54, 1.807) is 0 Å². The van der Waals surface area contributed by atoms with Crippen molar-refractivity contribution in [2.24, 2.45) is 0 Å². The summed E-state index contributed by atoms with van der Waals surface area (Å²) >= 11 is 1.85. The topological polar surface area (TPSA) is 8.17 Å². The molecule has 3 heteroatoms. The largest absolute Gasteiger partial charge is 0.302 e. The predicted octanol–water partition coefficient (Wildman–Crippen LogP) is 3.86. The monoisotopic (exact) mass is 306 g/mol. The first-order valence-corrected chi connectivity index (χ1v) is 8.42. The molecule has 110 valence electrons. The molecule has 1 aliphatic rings. The minimum atomic E-state index is 1.03. The van der Waals surface area contributed by atoms with Crippen molar-refractivity contribution in [2.45, 2.75) is 19.9 Å². The van der Waals surface area contributed by atoms with E-state index in [1.807, 2.05) is 29.5 Å².